The number of aryl methyl sites for hydroxylation is 1. The maximum atomic E-state index is 12.7. The number of oxime groups is 1. The van der Waals surface area contributed by atoms with Crippen molar-refractivity contribution < 1.29 is 22.8 Å². The van der Waals surface area contributed by atoms with Crippen LogP contribution in [-0.4, -0.2) is 27.5 Å². The van der Waals surface area contributed by atoms with Crippen LogP contribution in [0.25, 0.3) is 0 Å². The van der Waals surface area contributed by atoms with E-state index in [0.717, 1.165) is 17.3 Å². The van der Waals surface area contributed by atoms with Gasteiger partial charge in [-0.2, -0.15) is 18.3 Å². The second-order valence-corrected chi connectivity index (χ2v) is 5.62. The van der Waals surface area contributed by atoms with Gasteiger partial charge in [0.15, 0.2) is 5.82 Å². The SMILES string of the molecule is Cn1nc(NC(=O)CC2CC(c3ccccc3)=NO2)cc1C(F)(F)F. The van der Waals surface area contributed by atoms with Gasteiger partial charge in [-0.05, 0) is 5.56 Å². The van der Waals surface area contributed by atoms with E-state index in [1.165, 1.54) is 7.05 Å². The Morgan fingerprint density at radius 1 is 1.36 bits per heavy atom. The number of rotatable bonds is 4. The van der Waals surface area contributed by atoms with Crippen LogP contribution >= 0.6 is 0 Å². The predicted molar refractivity (Wildman–Crippen MR) is 83.9 cm³/mol. The number of amides is 1. The molecule has 0 saturated carbocycles. The van der Waals surface area contributed by atoms with Gasteiger partial charge in [0, 0.05) is 19.5 Å². The van der Waals surface area contributed by atoms with Gasteiger partial charge in [-0.1, -0.05) is 35.5 Å². The maximum absolute atomic E-state index is 12.7. The molecule has 0 radical (unpaired) electrons. The van der Waals surface area contributed by atoms with Crippen LogP contribution in [0.5, 0.6) is 0 Å². The fourth-order valence-corrected chi connectivity index (χ4v) is 2.53. The van der Waals surface area contributed by atoms with E-state index in [0.29, 0.717) is 11.1 Å². The molecule has 0 bridgehead atoms. The number of nitrogens with one attached hydrogen (secondary N) is 1. The van der Waals surface area contributed by atoms with Crippen molar-refractivity contribution in [3.05, 3.63) is 47.7 Å². The highest BCUT2D eigenvalue weighted by molar-refractivity contribution is 6.01. The Balaban J connectivity index is 1.56. The Morgan fingerprint density at radius 2 is 2.08 bits per heavy atom. The number of carbonyl (C=O) groups excluding carboxylic acids is 1. The maximum Gasteiger partial charge on any atom is 0.433 e. The van der Waals surface area contributed by atoms with Crippen LogP contribution in [0.4, 0.5) is 19.0 Å². The summed E-state index contributed by atoms with van der Waals surface area (Å²) in [6, 6.07) is 10.2. The highest BCUT2D eigenvalue weighted by Crippen LogP contribution is 2.30. The first-order valence-electron chi connectivity index (χ1n) is 7.52. The van der Waals surface area contributed by atoms with Gasteiger partial charge in [-0.15, -0.1) is 0 Å². The number of carbonyl (C=O) groups is 1. The second kappa shape index (κ2) is 6.58. The van der Waals surface area contributed by atoms with E-state index in [2.05, 4.69) is 15.6 Å². The summed E-state index contributed by atoms with van der Waals surface area (Å²) >= 11 is 0. The molecule has 2 heterocycles. The molecule has 1 N–H and O–H groups in total. The molecule has 0 saturated heterocycles. The van der Waals surface area contributed by atoms with Gasteiger partial charge in [-0.3, -0.25) is 9.48 Å². The number of alkyl halides is 3. The molecule has 1 atom stereocenters. The molecule has 1 aromatic heterocycles. The van der Waals surface area contributed by atoms with Crippen LogP contribution in [0, 0.1) is 0 Å². The number of aromatic nitrogens is 2. The van der Waals surface area contributed by atoms with Gasteiger partial charge >= 0.3 is 6.18 Å². The van der Waals surface area contributed by atoms with Crippen molar-refractivity contribution in [3.8, 4) is 0 Å². The average Bonchev–Trinajstić information content (AvgIpc) is 3.14. The third kappa shape index (κ3) is 3.98. The van der Waals surface area contributed by atoms with E-state index in [1.807, 2.05) is 30.3 Å². The Labute approximate surface area is 141 Å². The van der Waals surface area contributed by atoms with Crippen molar-refractivity contribution in [2.75, 3.05) is 5.32 Å². The lowest BCUT2D eigenvalue weighted by Gasteiger charge is -2.07. The number of benzene rings is 1. The first-order chi connectivity index (χ1) is 11.8. The molecule has 2 aromatic rings. The van der Waals surface area contributed by atoms with Crippen LogP contribution in [0.2, 0.25) is 0 Å². The number of nitrogens with zero attached hydrogens (tertiary/aromatic N) is 3. The number of halogens is 3. The normalized spacial score (nSPS) is 17.1. The molecule has 3 rings (SSSR count). The zero-order chi connectivity index (χ0) is 18.0. The minimum Gasteiger partial charge on any atom is -0.391 e. The summed E-state index contributed by atoms with van der Waals surface area (Å²) in [4.78, 5) is 17.2. The van der Waals surface area contributed by atoms with E-state index >= 15 is 0 Å². The van der Waals surface area contributed by atoms with Crippen molar-refractivity contribution in [2.24, 2.45) is 12.2 Å². The summed E-state index contributed by atoms with van der Waals surface area (Å²) in [5.41, 5.74) is 0.704. The molecule has 1 aliphatic heterocycles. The molecule has 9 heteroatoms. The third-order valence-electron chi connectivity index (χ3n) is 3.69. The van der Waals surface area contributed by atoms with Crippen molar-refractivity contribution in [3.63, 3.8) is 0 Å². The van der Waals surface area contributed by atoms with E-state index in [1.54, 1.807) is 0 Å². The van der Waals surface area contributed by atoms with Gasteiger partial charge in [0.2, 0.25) is 5.91 Å². The van der Waals surface area contributed by atoms with Crippen LogP contribution in [0.15, 0.2) is 41.6 Å². The molecule has 1 aliphatic rings. The van der Waals surface area contributed by atoms with E-state index < -0.39 is 23.9 Å². The summed E-state index contributed by atoms with van der Waals surface area (Å²) in [6.45, 7) is 0. The third-order valence-corrected chi connectivity index (χ3v) is 3.69. The van der Waals surface area contributed by atoms with Gasteiger partial charge < -0.3 is 10.2 Å². The van der Waals surface area contributed by atoms with Crippen molar-refractivity contribution in [2.45, 2.75) is 25.1 Å². The van der Waals surface area contributed by atoms with Crippen LogP contribution in [-0.2, 0) is 22.9 Å². The minimum absolute atomic E-state index is 0.0300. The standard InChI is InChI=1S/C16H15F3N4O2/c1-23-13(16(17,18)19)9-14(21-23)20-15(24)8-11-7-12(22-25-11)10-5-3-2-4-6-10/h2-6,9,11H,7-8H2,1H3,(H,20,21,24). The second-order valence-electron chi connectivity index (χ2n) is 5.62. The molecule has 1 aromatic carbocycles. The van der Waals surface area contributed by atoms with Crippen molar-refractivity contribution in [1.82, 2.24) is 9.78 Å². The molecule has 1 amide bonds. The Hall–Kier alpha value is -2.84. The minimum atomic E-state index is -4.53. The highest BCUT2D eigenvalue weighted by atomic mass is 19.4. The van der Waals surface area contributed by atoms with Crippen LogP contribution < -0.4 is 5.32 Å². The van der Waals surface area contributed by atoms with Crippen molar-refractivity contribution >= 4 is 17.4 Å². The molecule has 0 spiro atoms. The summed E-state index contributed by atoms with van der Waals surface area (Å²) in [5, 5.41) is 9.97. The van der Waals surface area contributed by atoms with E-state index in [4.69, 9.17) is 4.84 Å². The molecule has 6 nitrogen and oxygen atoms in total. The lowest BCUT2D eigenvalue weighted by Crippen LogP contribution is -2.20. The zero-order valence-corrected chi connectivity index (χ0v) is 13.2. The Morgan fingerprint density at radius 3 is 2.72 bits per heavy atom. The molecule has 25 heavy (non-hydrogen) atoms. The van der Waals surface area contributed by atoms with Crippen molar-refractivity contribution in [1.29, 1.82) is 0 Å². The number of hydrogen-bond acceptors (Lipinski definition) is 4. The van der Waals surface area contributed by atoms with Crippen LogP contribution in [0.3, 0.4) is 0 Å². The Bertz CT molecular complexity index is 799. The van der Waals surface area contributed by atoms with E-state index in [-0.39, 0.29) is 12.2 Å². The molecule has 0 fully saturated rings. The summed E-state index contributed by atoms with van der Waals surface area (Å²) < 4.78 is 38.8. The fraction of sp³-hybridized carbons (Fsp3) is 0.312. The van der Waals surface area contributed by atoms with E-state index in [9.17, 15) is 18.0 Å². The van der Waals surface area contributed by atoms with Gasteiger partial charge in [0.25, 0.3) is 0 Å². The molecular formula is C16H15F3N4O2. The molecule has 0 aliphatic carbocycles. The topological polar surface area (TPSA) is 68.5 Å². The average molecular weight is 352 g/mol. The highest BCUT2D eigenvalue weighted by Gasteiger charge is 2.35. The summed E-state index contributed by atoms with van der Waals surface area (Å²) in [6.07, 6.45) is -4.57. The number of hydrogen-bond donors (Lipinski definition) is 1. The largest absolute Gasteiger partial charge is 0.433 e. The first-order valence-corrected chi connectivity index (χ1v) is 7.52. The fourth-order valence-electron chi connectivity index (χ4n) is 2.53. The van der Waals surface area contributed by atoms with Crippen LogP contribution in [0.1, 0.15) is 24.1 Å². The van der Waals surface area contributed by atoms with Gasteiger partial charge in [0.1, 0.15) is 11.8 Å². The quantitative estimate of drug-likeness (QED) is 0.920. The predicted octanol–water partition coefficient (Wildman–Crippen LogP) is 2.96. The van der Waals surface area contributed by atoms with Gasteiger partial charge in [0.05, 0.1) is 12.1 Å². The first kappa shape index (κ1) is 17.0. The lowest BCUT2D eigenvalue weighted by atomic mass is 10.0. The summed E-state index contributed by atoms with van der Waals surface area (Å²) in [7, 11) is 1.17. The monoisotopic (exact) mass is 352 g/mol. The Kier molecular flexibility index (Phi) is 4.47. The lowest BCUT2D eigenvalue weighted by molar-refractivity contribution is -0.143. The molecular weight excluding hydrogens is 337 g/mol. The molecule has 1 unspecified atom stereocenters. The van der Waals surface area contributed by atoms with Gasteiger partial charge in [-0.25, -0.2) is 0 Å². The zero-order valence-electron chi connectivity index (χ0n) is 13.2. The molecule has 132 valence electrons. The number of anilines is 1. The smallest absolute Gasteiger partial charge is 0.391 e. The summed E-state index contributed by atoms with van der Waals surface area (Å²) in [5.74, 6) is -0.636.